The molecule has 3 nitrogen and oxygen atoms in total. The average Bonchev–Trinajstić information content (AvgIpc) is 2.78. The first-order valence-electron chi connectivity index (χ1n) is 5.52. The van der Waals surface area contributed by atoms with E-state index in [0.29, 0.717) is 0 Å². The zero-order chi connectivity index (χ0) is 10.1. The molecule has 1 aromatic carbocycles. The Hall–Kier alpha value is -0.900. The van der Waals surface area contributed by atoms with Gasteiger partial charge in [-0.25, -0.2) is 0 Å². The lowest BCUT2D eigenvalue weighted by molar-refractivity contribution is -0.962. The van der Waals surface area contributed by atoms with Crippen LogP contribution < -0.4 is 0 Å². The lowest BCUT2D eigenvalue weighted by Crippen LogP contribution is -2.47. The van der Waals surface area contributed by atoms with E-state index in [1.54, 1.807) is 0 Å². The monoisotopic (exact) mass is 206 g/mol. The van der Waals surface area contributed by atoms with Gasteiger partial charge in [-0.3, -0.25) is 14.0 Å². The number of benzene rings is 1. The third-order valence-electron chi connectivity index (χ3n) is 3.38. The summed E-state index contributed by atoms with van der Waals surface area (Å²) in [6.45, 7) is 4.86. The average molecular weight is 206 g/mol. The van der Waals surface area contributed by atoms with Gasteiger partial charge in [-0.05, 0) is 0 Å². The molecule has 0 spiro atoms. The summed E-state index contributed by atoms with van der Waals surface area (Å²) in [5.41, 5.74) is 1.37. The Balaban J connectivity index is 1.82. The van der Waals surface area contributed by atoms with Crippen molar-refractivity contribution < 1.29 is 14.0 Å². The Kier molecular flexibility index (Phi) is 2.24. The fraction of sp³-hybridized carbons (Fsp3) is 0.500. The van der Waals surface area contributed by atoms with Crippen LogP contribution in [0.15, 0.2) is 30.3 Å². The zero-order valence-electron chi connectivity index (χ0n) is 8.76. The third kappa shape index (κ3) is 1.57. The van der Waals surface area contributed by atoms with Gasteiger partial charge in [0.05, 0.1) is 0 Å². The van der Waals surface area contributed by atoms with Crippen molar-refractivity contribution in [3.63, 3.8) is 0 Å². The number of fused-ring (bicyclic) bond motifs is 1. The minimum atomic E-state index is -0.00907. The van der Waals surface area contributed by atoms with Crippen LogP contribution in [-0.2, 0) is 16.0 Å². The standard InChI is InChI=1S/C12H16NO2/c1-2-4-11(5-3-1)10-13-6-8-14-12(13)15-9-7-13/h1-5,12H,6-10H2/q+1. The van der Waals surface area contributed by atoms with Crippen LogP contribution >= 0.6 is 0 Å². The summed E-state index contributed by atoms with van der Waals surface area (Å²) in [5, 5.41) is 0. The van der Waals surface area contributed by atoms with E-state index >= 15 is 0 Å². The normalized spacial score (nSPS) is 34.3. The second-order valence-electron chi connectivity index (χ2n) is 4.36. The van der Waals surface area contributed by atoms with E-state index in [2.05, 4.69) is 30.3 Å². The van der Waals surface area contributed by atoms with Gasteiger partial charge in [0, 0.05) is 5.56 Å². The van der Waals surface area contributed by atoms with Crippen LogP contribution in [0, 0.1) is 0 Å². The smallest absolute Gasteiger partial charge is 0.300 e. The fourth-order valence-corrected chi connectivity index (χ4v) is 2.54. The molecular weight excluding hydrogens is 190 g/mol. The van der Waals surface area contributed by atoms with Gasteiger partial charge in [-0.15, -0.1) is 0 Å². The van der Waals surface area contributed by atoms with Crippen LogP contribution in [0.4, 0.5) is 0 Å². The molecule has 3 heteroatoms. The highest BCUT2D eigenvalue weighted by Crippen LogP contribution is 2.30. The summed E-state index contributed by atoms with van der Waals surface area (Å²) in [6.07, 6.45) is -0.00907. The van der Waals surface area contributed by atoms with Crippen molar-refractivity contribution in [2.24, 2.45) is 0 Å². The molecule has 0 amide bonds. The summed E-state index contributed by atoms with van der Waals surface area (Å²) in [7, 11) is 0. The number of hydrogen-bond acceptors (Lipinski definition) is 2. The molecule has 0 bridgehead atoms. The number of rotatable bonds is 2. The summed E-state index contributed by atoms with van der Waals surface area (Å²) in [5.74, 6) is 0. The molecule has 0 saturated carbocycles. The maximum atomic E-state index is 5.60. The molecule has 80 valence electrons. The molecule has 1 aromatic rings. The van der Waals surface area contributed by atoms with Crippen LogP contribution in [-0.4, -0.2) is 37.2 Å². The predicted molar refractivity (Wildman–Crippen MR) is 55.8 cm³/mol. The molecule has 0 unspecified atom stereocenters. The number of quaternary nitrogens is 1. The maximum Gasteiger partial charge on any atom is 0.309 e. The van der Waals surface area contributed by atoms with Crippen molar-refractivity contribution in [2.75, 3.05) is 26.3 Å². The van der Waals surface area contributed by atoms with Crippen molar-refractivity contribution in [1.82, 2.24) is 0 Å². The summed E-state index contributed by atoms with van der Waals surface area (Å²) in [6, 6.07) is 10.6. The molecule has 2 aliphatic heterocycles. The van der Waals surface area contributed by atoms with Crippen LogP contribution in [0.25, 0.3) is 0 Å². The van der Waals surface area contributed by atoms with Gasteiger partial charge in [0.2, 0.25) is 0 Å². The minimum Gasteiger partial charge on any atom is -0.300 e. The molecule has 2 fully saturated rings. The number of nitrogens with zero attached hydrogens (tertiary/aromatic N) is 1. The third-order valence-corrected chi connectivity index (χ3v) is 3.38. The molecule has 2 heterocycles. The van der Waals surface area contributed by atoms with Crippen LogP contribution in [0.1, 0.15) is 5.56 Å². The molecule has 0 aliphatic carbocycles. The first-order valence-corrected chi connectivity index (χ1v) is 5.52. The topological polar surface area (TPSA) is 18.5 Å². The van der Waals surface area contributed by atoms with Crippen molar-refractivity contribution in [3.05, 3.63) is 35.9 Å². The summed E-state index contributed by atoms with van der Waals surface area (Å²) in [4.78, 5) is 0. The van der Waals surface area contributed by atoms with Crippen LogP contribution in [0.5, 0.6) is 0 Å². The van der Waals surface area contributed by atoms with Crippen LogP contribution in [0.2, 0.25) is 0 Å². The first-order chi connectivity index (χ1) is 7.39. The lowest BCUT2D eigenvalue weighted by Gasteiger charge is -2.30. The van der Waals surface area contributed by atoms with E-state index in [0.717, 1.165) is 37.3 Å². The molecule has 0 radical (unpaired) electrons. The van der Waals surface area contributed by atoms with Gasteiger partial charge in [0.15, 0.2) is 0 Å². The Morgan fingerprint density at radius 1 is 1.07 bits per heavy atom. The van der Waals surface area contributed by atoms with E-state index in [9.17, 15) is 0 Å². The molecular formula is C12H16NO2+. The number of ether oxygens (including phenoxy) is 2. The summed E-state index contributed by atoms with van der Waals surface area (Å²) < 4.78 is 12.2. The second-order valence-corrected chi connectivity index (χ2v) is 4.36. The molecule has 2 saturated heterocycles. The molecule has 15 heavy (non-hydrogen) atoms. The quantitative estimate of drug-likeness (QED) is 0.680. The Morgan fingerprint density at radius 3 is 2.40 bits per heavy atom. The SMILES string of the molecule is c1ccc(C[N+]23CCOC2OCC3)cc1. The van der Waals surface area contributed by atoms with Crippen LogP contribution in [0.3, 0.4) is 0 Å². The van der Waals surface area contributed by atoms with Crippen molar-refractivity contribution in [2.45, 2.75) is 13.0 Å². The van der Waals surface area contributed by atoms with Crippen molar-refractivity contribution in [1.29, 1.82) is 0 Å². The highest BCUT2D eigenvalue weighted by Gasteiger charge is 2.48. The van der Waals surface area contributed by atoms with E-state index in [-0.39, 0.29) is 6.41 Å². The molecule has 3 rings (SSSR count). The van der Waals surface area contributed by atoms with E-state index in [1.807, 2.05) is 0 Å². The molecule has 0 aromatic heterocycles. The zero-order valence-corrected chi connectivity index (χ0v) is 8.76. The van der Waals surface area contributed by atoms with Gasteiger partial charge >= 0.3 is 6.41 Å². The van der Waals surface area contributed by atoms with E-state index in [4.69, 9.17) is 9.47 Å². The molecule has 2 aliphatic rings. The van der Waals surface area contributed by atoms with E-state index < -0.39 is 0 Å². The Morgan fingerprint density at radius 2 is 1.73 bits per heavy atom. The first kappa shape index (κ1) is 9.33. The maximum absolute atomic E-state index is 5.60. The Bertz CT molecular complexity index is 329. The van der Waals surface area contributed by atoms with Crippen molar-refractivity contribution in [3.8, 4) is 0 Å². The molecule has 0 N–H and O–H groups in total. The van der Waals surface area contributed by atoms with Gasteiger partial charge in [-0.2, -0.15) is 0 Å². The summed E-state index contributed by atoms with van der Waals surface area (Å²) >= 11 is 0. The minimum absolute atomic E-state index is 0.00907. The van der Waals surface area contributed by atoms with Gasteiger partial charge < -0.3 is 0 Å². The van der Waals surface area contributed by atoms with Gasteiger partial charge in [0.1, 0.15) is 32.8 Å². The fourth-order valence-electron chi connectivity index (χ4n) is 2.54. The van der Waals surface area contributed by atoms with Gasteiger partial charge in [-0.1, -0.05) is 30.3 Å². The highest BCUT2D eigenvalue weighted by atomic mass is 16.7. The second kappa shape index (κ2) is 3.59. The van der Waals surface area contributed by atoms with Crippen molar-refractivity contribution >= 4 is 0 Å². The largest absolute Gasteiger partial charge is 0.309 e. The van der Waals surface area contributed by atoms with E-state index in [1.165, 1.54) is 5.56 Å². The lowest BCUT2D eigenvalue weighted by atomic mass is 10.2. The Labute approximate surface area is 89.8 Å². The number of hydrogen-bond donors (Lipinski definition) is 0. The highest BCUT2D eigenvalue weighted by molar-refractivity contribution is 5.13. The van der Waals surface area contributed by atoms with Gasteiger partial charge in [0.25, 0.3) is 0 Å². The molecule has 0 atom stereocenters. The predicted octanol–water partition coefficient (Wildman–Crippen LogP) is 1.35.